The second-order valence-electron chi connectivity index (χ2n) is 7.05. The molecule has 0 radical (unpaired) electrons. The van der Waals surface area contributed by atoms with Crippen molar-refractivity contribution in [1.82, 2.24) is 9.97 Å². The van der Waals surface area contributed by atoms with Gasteiger partial charge in [-0.2, -0.15) is 0 Å². The van der Waals surface area contributed by atoms with Crippen LogP contribution in [0, 0.1) is 0 Å². The smallest absolute Gasteiger partial charge is 0.335 e. The number of fused-ring (bicyclic) bond motifs is 2. The number of azo groups is 1. The lowest BCUT2D eigenvalue weighted by molar-refractivity contribution is 0.0697. The number of nitrogens with one attached hydrogen (secondary N) is 1. The van der Waals surface area contributed by atoms with Crippen molar-refractivity contribution in [2.45, 2.75) is 0 Å². The summed E-state index contributed by atoms with van der Waals surface area (Å²) in [5.74, 6) is -0.881. The molecule has 0 saturated carbocycles. The van der Waals surface area contributed by atoms with E-state index in [2.05, 4.69) is 20.2 Å². The molecule has 5 rings (SSSR count). The van der Waals surface area contributed by atoms with Crippen molar-refractivity contribution in [2.24, 2.45) is 10.2 Å². The van der Waals surface area contributed by atoms with Gasteiger partial charge in [0.05, 0.1) is 16.9 Å². The molecule has 0 spiro atoms. The number of carboxylic acid groups (broad SMARTS) is 1. The number of aromatic nitrogens is 2. The van der Waals surface area contributed by atoms with Gasteiger partial charge in [0, 0.05) is 22.4 Å². The minimum absolute atomic E-state index is 0.0694. The average molecular weight is 408 g/mol. The van der Waals surface area contributed by atoms with Crippen molar-refractivity contribution >= 4 is 40.5 Å². The highest BCUT2D eigenvalue weighted by Gasteiger charge is 2.10. The van der Waals surface area contributed by atoms with Crippen LogP contribution in [0.3, 0.4) is 0 Å². The molecule has 2 aromatic carbocycles. The number of pyridine rings is 1. The molecule has 0 bridgehead atoms. The fraction of sp³-hybridized carbons (Fsp3) is 0. The normalized spacial score (nSPS) is 13.4. The fourth-order valence-corrected chi connectivity index (χ4v) is 3.48. The lowest BCUT2D eigenvalue weighted by atomic mass is 10.1. The van der Waals surface area contributed by atoms with Crippen molar-refractivity contribution in [3.63, 3.8) is 0 Å². The number of hydrogen-bond donors (Lipinski definition) is 3. The predicted molar refractivity (Wildman–Crippen MR) is 117 cm³/mol. The summed E-state index contributed by atoms with van der Waals surface area (Å²) in [6, 6.07) is 16.1. The van der Waals surface area contributed by atoms with Crippen LogP contribution in [-0.4, -0.2) is 26.2 Å². The summed E-state index contributed by atoms with van der Waals surface area (Å²) >= 11 is 0. The number of aromatic amines is 1. The van der Waals surface area contributed by atoms with Crippen LogP contribution in [0.5, 0.6) is 5.88 Å². The summed E-state index contributed by atoms with van der Waals surface area (Å²) in [6.07, 6.45) is 7.27. The predicted octanol–water partition coefficient (Wildman–Crippen LogP) is 3.71. The second-order valence-corrected chi connectivity index (χ2v) is 7.05. The Kier molecular flexibility index (Phi) is 4.41. The Labute approximate surface area is 176 Å². The molecule has 1 aliphatic rings. The first-order valence-corrected chi connectivity index (χ1v) is 9.53. The van der Waals surface area contributed by atoms with Gasteiger partial charge in [-0.15, -0.1) is 10.2 Å². The van der Waals surface area contributed by atoms with E-state index in [9.17, 15) is 9.90 Å². The first-order chi connectivity index (χ1) is 15.1. The number of rotatable bonds is 4. The molecule has 0 saturated heterocycles. The molecule has 0 unspecified atom stereocenters. The summed E-state index contributed by atoms with van der Waals surface area (Å²) in [7, 11) is 0. The Morgan fingerprint density at radius 2 is 1.84 bits per heavy atom. The molecule has 4 aromatic rings. The summed E-state index contributed by atoms with van der Waals surface area (Å²) in [5.41, 5.74) is 3.89. The SMILES string of the molecule is O=C(O)c1ccc(C=CC2=c3ccc(=Cc4c(O)[nH]c5ncccc45)cc3N=N2)cc1. The van der Waals surface area contributed by atoms with Crippen LogP contribution in [0.15, 0.2) is 77.1 Å². The molecule has 1 aliphatic heterocycles. The fourth-order valence-electron chi connectivity index (χ4n) is 3.48. The molecule has 31 heavy (non-hydrogen) atoms. The molecule has 3 heterocycles. The van der Waals surface area contributed by atoms with Crippen molar-refractivity contribution < 1.29 is 15.0 Å². The highest BCUT2D eigenvalue weighted by Crippen LogP contribution is 2.26. The van der Waals surface area contributed by atoms with E-state index in [0.717, 1.165) is 32.8 Å². The number of carbonyl (C=O) groups is 1. The highest BCUT2D eigenvalue weighted by atomic mass is 16.4. The first-order valence-electron chi connectivity index (χ1n) is 9.53. The standard InChI is InChI=1S/C24H16N4O3/c29-23-19(17-2-1-11-25-22(17)26-23)12-15-5-9-18-20(27-28-21(18)13-15)10-6-14-3-7-16(8-4-14)24(30)31/h1-13,29H,(H,25,26)(H,30,31). The molecule has 7 nitrogen and oxygen atoms in total. The van der Waals surface area contributed by atoms with Gasteiger partial charge in [-0.25, -0.2) is 9.78 Å². The molecule has 0 amide bonds. The Morgan fingerprint density at radius 1 is 1.00 bits per heavy atom. The van der Waals surface area contributed by atoms with Crippen molar-refractivity contribution in [2.75, 3.05) is 0 Å². The summed E-state index contributed by atoms with van der Waals surface area (Å²) < 4.78 is 0. The van der Waals surface area contributed by atoms with Gasteiger partial charge in [-0.05, 0) is 59.3 Å². The number of benzene rings is 2. The summed E-state index contributed by atoms with van der Waals surface area (Å²) in [5, 5.41) is 30.4. The molecule has 0 atom stereocenters. The summed E-state index contributed by atoms with van der Waals surface area (Å²) in [6.45, 7) is 0. The van der Waals surface area contributed by atoms with E-state index < -0.39 is 5.97 Å². The van der Waals surface area contributed by atoms with E-state index in [-0.39, 0.29) is 11.4 Å². The lowest BCUT2D eigenvalue weighted by Crippen LogP contribution is -2.08. The number of aromatic carboxylic acids is 1. The molecule has 0 aliphatic carbocycles. The molecule has 3 N–H and O–H groups in total. The van der Waals surface area contributed by atoms with E-state index in [1.165, 1.54) is 0 Å². The minimum atomic E-state index is -0.951. The monoisotopic (exact) mass is 408 g/mol. The van der Waals surface area contributed by atoms with Crippen molar-refractivity contribution in [1.29, 1.82) is 0 Å². The largest absolute Gasteiger partial charge is 0.494 e. The number of hydrogen-bond acceptors (Lipinski definition) is 5. The summed E-state index contributed by atoms with van der Waals surface area (Å²) in [4.78, 5) is 18.1. The zero-order valence-corrected chi connectivity index (χ0v) is 16.1. The van der Waals surface area contributed by atoms with Crippen molar-refractivity contribution in [3.05, 3.63) is 94.0 Å². The minimum Gasteiger partial charge on any atom is -0.494 e. The number of nitrogens with zero attached hydrogens (tertiary/aromatic N) is 3. The van der Waals surface area contributed by atoms with Crippen LogP contribution >= 0.6 is 0 Å². The van der Waals surface area contributed by atoms with Gasteiger partial charge in [-0.1, -0.05) is 24.3 Å². The number of carboxylic acids is 1. The first kappa shape index (κ1) is 18.5. The van der Waals surface area contributed by atoms with Gasteiger partial charge in [0.15, 0.2) is 5.88 Å². The average Bonchev–Trinajstić information content (AvgIpc) is 3.33. The van der Waals surface area contributed by atoms with E-state index in [0.29, 0.717) is 11.2 Å². The van der Waals surface area contributed by atoms with Gasteiger partial charge in [0.25, 0.3) is 0 Å². The maximum atomic E-state index is 11.0. The quantitative estimate of drug-likeness (QED) is 0.478. The Bertz CT molecular complexity index is 1510. The van der Waals surface area contributed by atoms with Gasteiger partial charge in [-0.3, -0.25) is 0 Å². The topological polar surface area (TPSA) is 111 Å². The lowest BCUT2D eigenvalue weighted by Gasteiger charge is -1.96. The van der Waals surface area contributed by atoms with Crippen LogP contribution in [-0.2, 0) is 0 Å². The van der Waals surface area contributed by atoms with Crippen LogP contribution in [0.1, 0.15) is 21.5 Å². The Hall–Kier alpha value is -4.52. The second kappa shape index (κ2) is 7.38. The van der Waals surface area contributed by atoms with E-state index in [1.807, 2.05) is 48.6 Å². The highest BCUT2D eigenvalue weighted by molar-refractivity contribution is 5.89. The molecule has 7 heteroatoms. The Morgan fingerprint density at radius 3 is 2.65 bits per heavy atom. The van der Waals surface area contributed by atoms with Gasteiger partial charge in [0.2, 0.25) is 0 Å². The maximum absolute atomic E-state index is 11.0. The third kappa shape index (κ3) is 3.49. The van der Waals surface area contributed by atoms with Gasteiger partial charge in [0.1, 0.15) is 5.65 Å². The van der Waals surface area contributed by atoms with Gasteiger partial charge < -0.3 is 15.2 Å². The zero-order valence-electron chi connectivity index (χ0n) is 16.1. The molecule has 2 aromatic heterocycles. The van der Waals surface area contributed by atoms with Crippen LogP contribution in [0.25, 0.3) is 28.9 Å². The molecular weight excluding hydrogens is 392 g/mol. The van der Waals surface area contributed by atoms with E-state index in [1.54, 1.807) is 30.5 Å². The van der Waals surface area contributed by atoms with E-state index >= 15 is 0 Å². The van der Waals surface area contributed by atoms with Crippen LogP contribution in [0.4, 0.5) is 5.69 Å². The maximum Gasteiger partial charge on any atom is 0.335 e. The third-order valence-electron chi connectivity index (χ3n) is 5.06. The zero-order chi connectivity index (χ0) is 21.4. The Balaban J connectivity index is 1.49. The number of aromatic hydroxyl groups is 1. The van der Waals surface area contributed by atoms with Gasteiger partial charge >= 0.3 is 5.97 Å². The molecule has 0 fully saturated rings. The molecule has 150 valence electrons. The van der Waals surface area contributed by atoms with Crippen LogP contribution < -0.4 is 10.4 Å². The third-order valence-corrected chi connectivity index (χ3v) is 5.06. The number of H-pyrrole nitrogens is 1. The van der Waals surface area contributed by atoms with Crippen LogP contribution in [0.2, 0.25) is 0 Å². The molecular formula is C24H16N4O3. The van der Waals surface area contributed by atoms with Crippen molar-refractivity contribution in [3.8, 4) is 5.88 Å². The van der Waals surface area contributed by atoms with E-state index in [4.69, 9.17) is 5.11 Å².